The normalized spacial score (nSPS) is 17.5. The number of nitrogens with zero attached hydrogens (tertiary/aromatic N) is 6. The number of piperidine rings is 1. The van der Waals surface area contributed by atoms with E-state index in [-0.39, 0.29) is 0 Å². The summed E-state index contributed by atoms with van der Waals surface area (Å²) >= 11 is 0. The number of imidazole rings is 1. The van der Waals surface area contributed by atoms with Crippen molar-refractivity contribution in [3.05, 3.63) is 71.2 Å². The van der Waals surface area contributed by atoms with Gasteiger partial charge in [0, 0.05) is 55.4 Å². The minimum atomic E-state index is 0.449. The van der Waals surface area contributed by atoms with Crippen LogP contribution < -0.4 is 0 Å². The van der Waals surface area contributed by atoms with Crippen molar-refractivity contribution < 1.29 is 0 Å². The van der Waals surface area contributed by atoms with Crippen molar-refractivity contribution in [2.45, 2.75) is 46.1 Å². The Kier molecular flexibility index (Phi) is 5.10. The topological polar surface area (TPSA) is 51.2 Å². The second kappa shape index (κ2) is 7.93. The van der Waals surface area contributed by atoms with Crippen LogP contribution in [0.3, 0.4) is 0 Å². The molecule has 5 heterocycles. The molecule has 1 atom stereocenters. The maximum atomic E-state index is 4.93. The third-order valence-electron chi connectivity index (χ3n) is 6.45. The largest absolute Gasteiger partial charge is 0.302 e. The van der Waals surface area contributed by atoms with E-state index < -0.39 is 0 Å². The van der Waals surface area contributed by atoms with Gasteiger partial charge in [-0.3, -0.25) is 14.6 Å². The van der Waals surface area contributed by atoms with Gasteiger partial charge < -0.3 is 4.40 Å². The van der Waals surface area contributed by atoms with Gasteiger partial charge in [-0.2, -0.15) is 5.10 Å². The molecule has 1 saturated heterocycles. The van der Waals surface area contributed by atoms with Crippen molar-refractivity contribution in [1.29, 1.82) is 0 Å². The molecule has 0 saturated carbocycles. The van der Waals surface area contributed by atoms with E-state index >= 15 is 0 Å². The van der Waals surface area contributed by atoms with Crippen LogP contribution in [-0.2, 0) is 13.6 Å². The van der Waals surface area contributed by atoms with E-state index in [2.05, 4.69) is 71.8 Å². The number of aromatic nitrogens is 5. The van der Waals surface area contributed by atoms with E-state index in [4.69, 9.17) is 9.97 Å². The maximum Gasteiger partial charge on any atom is 0.140 e. The number of hydrogen-bond donors (Lipinski definition) is 0. The summed E-state index contributed by atoms with van der Waals surface area (Å²) in [5, 5.41) is 4.34. The Balaban J connectivity index is 1.40. The van der Waals surface area contributed by atoms with Gasteiger partial charge in [0.2, 0.25) is 0 Å². The molecule has 5 rings (SSSR count). The number of fused-ring (bicyclic) bond motifs is 1. The quantitative estimate of drug-likeness (QED) is 0.496. The van der Waals surface area contributed by atoms with E-state index in [1.807, 2.05) is 17.9 Å². The van der Waals surface area contributed by atoms with Gasteiger partial charge in [-0.1, -0.05) is 6.07 Å². The van der Waals surface area contributed by atoms with Crippen molar-refractivity contribution >= 4 is 5.65 Å². The first-order chi connectivity index (χ1) is 15.0. The summed E-state index contributed by atoms with van der Waals surface area (Å²) in [5.41, 5.74) is 9.36. The van der Waals surface area contributed by atoms with Gasteiger partial charge in [0.25, 0.3) is 0 Å². The fourth-order valence-corrected chi connectivity index (χ4v) is 4.85. The first-order valence-electron chi connectivity index (χ1n) is 11.1. The molecule has 6 nitrogen and oxygen atoms in total. The zero-order valence-electron chi connectivity index (χ0n) is 18.8. The van der Waals surface area contributed by atoms with E-state index in [1.54, 1.807) is 0 Å². The molecule has 1 unspecified atom stereocenters. The van der Waals surface area contributed by atoms with Gasteiger partial charge in [-0.25, -0.2) is 4.98 Å². The lowest BCUT2D eigenvalue weighted by atomic mass is 9.92. The van der Waals surface area contributed by atoms with Crippen molar-refractivity contribution in [3.8, 4) is 11.1 Å². The fourth-order valence-electron chi connectivity index (χ4n) is 4.85. The summed E-state index contributed by atoms with van der Waals surface area (Å²) in [4.78, 5) is 12.3. The third kappa shape index (κ3) is 3.88. The molecule has 1 aliphatic heterocycles. The van der Waals surface area contributed by atoms with Crippen LogP contribution in [0.4, 0.5) is 0 Å². The highest BCUT2D eigenvalue weighted by Crippen LogP contribution is 2.30. The summed E-state index contributed by atoms with van der Waals surface area (Å²) in [6, 6.07) is 8.67. The third-order valence-corrected chi connectivity index (χ3v) is 6.45. The molecule has 0 aliphatic carbocycles. The van der Waals surface area contributed by atoms with Gasteiger partial charge in [-0.05, 0) is 69.5 Å². The molecule has 4 aromatic heterocycles. The minimum Gasteiger partial charge on any atom is -0.302 e. The van der Waals surface area contributed by atoms with E-state index in [9.17, 15) is 0 Å². The summed E-state index contributed by atoms with van der Waals surface area (Å²) < 4.78 is 4.12. The average molecular weight is 415 g/mol. The molecule has 160 valence electrons. The zero-order valence-corrected chi connectivity index (χ0v) is 18.8. The van der Waals surface area contributed by atoms with Crippen LogP contribution >= 0.6 is 0 Å². The molecule has 0 N–H and O–H groups in total. The van der Waals surface area contributed by atoms with Crippen LogP contribution in [0.15, 0.2) is 42.9 Å². The zero-order chi connectivity index (χ0) is 21.5. The molecule has 0 radical (unpaired) electrons. The number of likely N-dealkylation sites (tertiary alicyclic amines) is 1. The lowest BCUT2D eigenvalue weighted by molar-refractivity contribution is 0.195. The Morgan fingerprint density at radius 3 is 2.77 bits per heavy atom. The number of hydrogen-bond acceptors (Lipinski definition) is 4. The van der Waals surface area contributed by atoms with Gasteiger partial charge in [0.15, 0.2) is 0 Å². The monoisotopic (exact) mass is 414 g/mol. The molecule has 0 aromatic carbocycles. The van der Waals surface area contributed by atoms with Crippen LogP contribution in [0.5, 0.6) is 0 Å². The Hall–Kier alpha value is -2.99. The van der Waals surface area contributed by atoms with Crippen molar-refractivity contribution in [1.82, 2.24) is 29.0 Å². The minimum absolute atomic E-state index is 0.449. The first-order valence-corrected chi connectivity index (χ1v) is 11.1. The van der Waals surface area contributed by atoms with Crippen LogP contribution in [0.2, 0.25) is 0 Å². The molecule has 1 fully saturated rings. The lowest BCUT2D eigenvalue weighted by Crippen LogP contribution is -2.34. The van der Waals surface area contributed by atoms with Crippen LogP contribution in [-0.4, -0.2) is 42.1 Å². The second-order valence-electron chi connectivity index (χ2n) is 8.93. The van der Waals surface area contributed by atoms with Crippen molar-refractivity contribution in [2.75, 3.05) is 13.1 Å². The van der Waals surface area contributed by atoms with Gasteiger partial charge in [-0.15, -0.1) is 0 Å². The summed E-state index contributed by atoms with van der Waals surface area (Å²) in [6.07, 6.45) is 8.52. The summed E-state index contributed by atoms with van der Waals surface area (Å²) in [7, 11) is 1.96. The van der Waals surface area contributed by atoms with Gasteiger partial charge in [0.1, 0.15) is 5.65 Å². The smallest absolute Gasteiger partial charge is 0.140 e. The molecule has 0 amide bonds. The van der Waals surface area contributed by atoms with Crippen molar-refractivity contribution in [2.24, 2.45) is 7.05 Å². The highest BCUT2D eigenvalue weighted by molar-refractivity contribution is 5.62. The van der Waals surface area contributed by atoms with E-state index in [1.165, 1.54) is 35.4 Å². The summed E-state index contributed by atoms with van der Waals surface area (Å²) in [5.74, 6) is 0.449. The Bertz CT molecular complexity index is 1230. The van der Waals surface area contributed by atoms with Crippen LogP contribution in [0.25, 0.3) is 16.8 Å². The van der Waals surface area contributed by atoms with Crippen molar-refractivity contribution in [3.63, 3.8) is 0 Å². The van der Waals surface area contributed by atoms with E-state index in [0.717, 1.165) is 42.2 Å². The maximum absolute atomic E-state index is 4.93. The molecule has 31 heavy (non-hydrogen) atoms. The van der Waals surface area contributed by atoms with Gasteiger partial charge >= 0.3 is 0 Å². The molecular weight excluding hydrogens is 384 g/mol. The number of aryl methyl sites for hydroxylation is 4. The lowest BCUT2D eigenvalue weighted by Gasteiger charge is -2.32. The fraction of sp³-hybridized carbons (Fsp3) is 0.400. The highest BCUT2D eigenvalue weighted by Gasteiger charge is 2.25. The predicted octanol–water partition coefficient (Wildman–Crippen LogP) is 4.43. The second-order valence-corrected chi connectivity index (χ2v) is 8.93. The molecule has 0 bridgehead atoms. The Morgan fingerprint density at radius 2 is 1.97 bits per heavy atom. The molecule has 6 heteroatoms. The molecule has 1 aliphatic rings. The highest BCUT2D eigenvalue weighted by atomic mass is 15.2. The molecular formula is C25H30N6. The Labute approximate surface area is 183 Å². The number of pyridine rings is 2. The SMILES string of the molecule is Cc1cc(-c2cnn(C)c2)cc(C2CCCN(Cc3c(C)nc4c(C)cccn34)C2)n1. The standard InChI is InChI=1S/C25H30N6/c1-17-7-5-10-31-24(19(3)28-25(17)31)16-30-9-6-8-20(15-30)23-12-21(11-18(2)27-23)22-13-26-29(4)14-22/h5,7,10-14,20H,6,8-9,15-16H2,1-4H3. The van der Waals surface area contributed by atoms with Crippen LogP contribution in [0.1, 0.15) is 47.1 Å². The van der Waals surface area contributed by atoms with E-state index in [0.29, 0.717) is 5.92 Å². The van der Waals surface area contributed by atoms with Crippen LogP contribution in [0, 0.1) is 20.8 Å². The molecule has 0 spiro atoms. The Morgan fingerprint density at radius 1 is 1.10 bits per heavy atom. The van der Waals surface area contributed by atoms with Gasteiger partial charge in [0.05, 0.1) is 17.6 Å². The predicted molar refractivity (Wildman–Crippen MR) is 123 cm³/mol. The number of rotatable bonds is 4. The average Bonchev–Trinajstić information content (AvgIpc) is 3.32. The molecule has 4 aromatic rings. The first kappa shape index (κ1) is 19.9. The summed E-state index contributed by atoms with van der Waals surface area (Å²) in [6.45, 7) is 9.43.